The molecule has 0 aromatic heterocycles. The number of benzene rings is 1. The Labute approximate surface area is 142 Å². The summed E-state index contributed by atoms with van der Waals surface area (Å²) in [6.07, 6.45) is 1.93. The van der Waals surface area contributed by atoms with E-state index in [0.29, 0.717) is 23.9 Å². The van der Waals surface area contributed by atoms with Gasteiger partial charge in [-0.3, -0.25) is 0 Å². The summed E-state index contributed by atoms with van der Waals surface area (Å²) in [6, 6.07) is 5.48. The highest BCUT2D eigenvalue weighted by atomic mass is 19.3. The molecule has 1 fully saturated rings. The lowest BCUT2D eigenvalue weighted by atomic mass is 9.79. The first-order chi connectivity index (χ1) is 11.1. The third-order valence-electron chi connectivity index (χ3n) is 4.26. The monoisotopic (exact) mass is 342 g/mol. The van der Waals surface area contributed by atoms with Crippen LogP contribution in [0.2, 0.25) is 0 Å². The van der Waals surface area contributed by atoms with Gasteiger partial charge in [0.05, 0.1) is 7.11 Å². The minimum Gasteiger partial charge on any atom is -0.493 e. The van der Waals surface area contributed by atoms with Crippen molar-refractivity contribution < 1.29 is 18.3 Å². The molecule has 0 saturated carbocycles. The summed E-state index contributed by atoms with van der Waals surface area (Å²) in [7, 11) is 1.45. The van der Waals surface area contributed by atoms with Gasteiger partial charge in [0.2, 0.25) is 0 Å². The Bertz CT molecular complexity index is 546. The normalized spacial score (nSPS) is 20.2. The molecule has 0 amide bonds. The van der Waals surface area contributed by atoms with Crippen LogP contribution in [-0.2, 0) is 6.54 Å². The molecule has 0 spiro atoms. The number of hydrogen-bond acceptors (Lipinski definition) is 4. The van der Waals surface area contributed by atoms with Gasteiger partial charge in [0, 0.05) is 29.2 Å². The van der Waals surface area contributed by atoms with Crippen LogP contribution in [0.15, 0.2) is 18.2 Å². The number of piperidine rings is 1. The molecule has 4 nitrogen and oxygen atoms in total. The van der Waals surface area contributed by atoms with Crippen LogP contribution in [0.3, 0.4) is 0 Å². The zero-order valence-corrected chi connectivity index (χ0v) is 15.1. The van der Waals surface area contributed by atoms with Gasteiger partial charge in [0.1, 0.15) is 0 Å². The minimum atomic E-state index is -2.88. The molecule has 6 heteroatoms. The number of rotatable bonds is 6. The second kappa shape index (κ2) is 7.23. The number of para-hydroxylation sites is 1. The predicted molar refractivity (Wildman–Crippen MR) is 90.8 cm³/mol. The molecule has 0 aliphatic carbocycles. The van der Waals surface area contributed by atoms with Crippen LogP contribution in [0.1, 0.15) is 46.1 Å². The number of halogens is 2. The van der Waals surface area contributed by atoms with E-state index in [2.05, 4.69) is 43.1 Å². The maximum atomic E-state index is 12.7. The van der Waals surface area contributed by atoms with Crippen molar-refractivity contribution in [3.8, 4) is 11.5 Å². The Hall–Kier alpha value is -1.40. The molecule has 1 saturated heterocycles. The van der Waals surface area contributed by atoms with Crippen LogP contribution in [0.4, 0.5) is 8.78 Å². The van der Waals surface area contributed by atoms with Crippen molar-refractivity contribution in [2.75, 3.05) is 7.11 Å². The third kappa shape index (κ3) is 5.05. The van der Waals surface area contributed by atoms with E-state index in [1.54, 1.807) is 18.2 Å². The van der Waals surface area contributed by atoms with Crippen molar-refractivity contribution >= 4 is 0 Å². The zero-order valence-electron chi connectivity index (χ0n) is 15.1. The van der Waals surface area contributed by atoms with Crippen LogP contribution in [0.5, 0.6) is 11.5 Å². The summed E-state index contributed by atoms with van der Waals surface area (Å²) in [4.78, 5) is 0. The fourth-order valence-corrected chi connectivity index (χ4v) is 3.80. The summed E-state index contributed by atoms with van der Waals surface area (Å²) in [5, 5.41) is 7.13. The molecular weight excluding hydrogens is 314 g/mol. The fourth-order valence-electron chi connectivity index (χ4n) is 3.80. The molecule has 0 bridgehead atoms. The Morgan fingerprint density at radius 2 is 1.83 bits per heavy atom. The second-order valence-electron chi connectivity index (χ2n) is 7.71. The van der Waals surface area contributed by atoms with E-state index >= 15 is 0 Å². The summed E-state index contributed by atoms with van der Waals surface area (Å²) in [5.74, 6) is 0.426. The van der Waals surface area contributed by atoms with Crippen LogP contribution in [-0.4, -0.2) is 30.8 Å². The smallest absolute Gasteiger partial charge is 0.387 e. The molecular formula is C18H28F2N2O2. The second-order valence-corrected chi connectivity index (χ2v) is 7.71. The zero-order chi connectivity index (χ0) is 18.0. The number of hydrogen-bond donors (Lipinski definition) is 2. The van der Waals surface area contributed by atoms with Gasteiger partial charge in [-0.25, -0.2) is 0 Å². The van der Waals surface area contributed by atoms with E-state index in [1.165, 1.54) is 7.11 Å². The van der Waals surface area contributed by atoms with E-state index in [0.717, 1.165) is 12.8 Å². The Kier molecular flexibility index (Phi) is 5.71. The average Bonchev–Trinajstić information content (AvgIpc) is 2.42. The molecule has 1 aliphatic heterocycles. The van der Waals surface area contributed by atoms with Gasteiger partial charge >= 0.3 is 6.61 Å². The predicted octanol–water partition coefficient (Wildman–Crippen LogP) is 3.70. The van der Waals surface area contributed by atoms with Gasteiger partial charge in [-0.15, -0.1) is 0 Å². The van der Waals surface area contributed by atoms with Crippen molar-refractivity contribution in [3.05, 3.63) is 23.8 Å². The summed E-state index contributed by atoms with van der Waals surface area (Å²) in [6.45, 7) is 6.30. The topological polar surface area (TPSA) is 42.5 Å². The fraction of sp³-hybridized carbons (Fsp3) is 0.667. The maximum Gasteiger partial charge on any atom is 0.387 e. The molecule has 2 rings (SSSR count). The highest BCUT2D eigenvalue weighted by Crippen LogP contribution is 2.33. The highest BCUT2D eigenvalue weighted by molar-refractivity contribution is 5.46. The van der Waals surface area contributed by atoms with Gasteiger partial charge in [-0.1, -0.05) is 12.1 Å². The van der Waals surface area contributed by atoms with Crippen molar-refractivity contribution in [2.24, 2.45) is 0 Å². The Morgan fingerprint density at radius 1 is 1.21 bits per heavy atom. The number of nitrogens with one attached hydrogen (secondary N) is 2. The number of alkyl halides is 2. The highest BCUT2D eigenvalue weighted by Gasteiger charge is 2.37. The minimum absolute atomic E-state index is 0.0239. The molecule has 0 atom stereocenters. The molecule has 136 valence electrons. The maximum absolute atomic E-state index is 12.7. The number of ether oxygens (including phenoxy) is 2. The van der Waals surface area contributed by atoms with Crippen molar-refractivity contribution in [3.63, 3.8) is 0 Å². The van der Waals surface area contributed by atoms with Crippen LogP contribution < -0.4 is 20.1 Å². The van der Waals surface area contributed by atoms with Crippen LogP contribution >= 0.6 is 0 Å². The van der Waals surface area contributed by atoms with Gasteiger partial charge < -0.3 is 20.1 Å². The Balaban J connectivity index is 2.11. The van der Waals surface area contributed by atoms with E-state index in [4.69, 9.17) is 4.74 Å². The van der Waals surface area contributed by atoms with Crippen LogP contribution in [0, 0.1) is 0 Å². The largest absolute Gasteiger partial charge is 0.493 e. The lowest BCUT2D eigenvalue weighted by Crippen LogP contribution is -2.61. The van der Waals surface area contributed by atoms with E-state index < -0.39 is 6.61 Å². The number of methoxy groups -OCH3 is 1. The van der Waals surface area contributed by atoms with Gasteiger partial charge in [0.25, 0.3) is 0 Å². The van der Waals surface area contributed by atoms with Gasteiger partial charge in [-0.05, 0) is 46.6 Å². The molecule has 1 aromatic carbocycles. The first-order valence-corrected chi connectivity index (χ1v) is 8.25. The van der Waals surface area contributed by atoms with E-state index in [9.17, 15) is 8.78 Å². The van der Waals surface area contributed by atoms with Gasteiger partial charge in [0.15, 0.2) is 11.5 Å². The molecule has 2 N–H and O–H groups in total. The van der Waals surface area contributed by atoms with E-state index in [1.807, 2.05) is 0 Å². The molecule has 1 heterocycles. The molecule has 0 radical (unpaired) electrons. The van der Waals surface area contributed by atoms with Gasteiger partial charge in [-0.2, -0.15) is 8.78 Å². The lowest BCUT2D eigenvalue weighted by molar-refractivity contribution is -0.0519. The lowest BCUT2D eigenvalue weighted by Gasteiger charge is -2.46. The standard InChI is InChI=1S/C18H28F2N2O2/c1-17(2)9-13(10-18(3,4)22-17)21-11-12-7-6-8-14(23-5)15(12)24-16(19)20/h6-8,13,16,21-22H,9-11H2,1-5H3. The summed E-state index contributed by atoms with van der Waals surface area (Å²) >= 11 is 0. The van der Waals surface area contributed by atoms with Crippen LogP contribution in [0.25, 0.3) is 0 Å². The van der Waals surface area contributed by atoms with Crippen molar-refractivity contribution in [2.45, 2.75) is 70.8 Å². The first kappa shape index (κ1) is 18.9. The molecule has 0 unspecified atom stereocenters. The summed E-state index contributed by atoms with van der Waals surface area (Å²) in [5.41, 5.74) is 0.718. The summed E-state index contributed by atoms with van der Waals surface area (Å²) < 4.78 is 35.2. The first-order valence-electron chi connectivity index (χ1n) is 8.25. The Morgan fingerprint density at radius 3 is 2.38 bits per heavy atom. The third-order valence-corrected chi connectivity index (χ3v) is 4.26. The van der Waals surface area contributed by atoms with Crippen molar-refractivity contribution in [1.82, 2.24) is 10.6 Å². The van der Waals surface area contributed by atoms with E-state index in [-0.39, 0.29) is 16.8 Å². The quantitative estimate of drug-likeness (QED) is 0.827. The average molecular weight is 342 g/mol. The van der Waals surface area contributed by atoms with Crippen molar-refractivity contribution in [1.29, 1.82) is 0 Å². The molecule has 1 aromatic rings. The SMILES string of the molecule is COc1cccc(CNC2CC(C)(C)NC(C)(C)C2)c1OC(F)F. The molecule has 1 aliphatic rings. The molecule has 24 heavy (non-hydrogen) atoms.